The molecule has 1 aromatic heterocycles. The largest absolute Gasteiger partial charge is 0.356 e. The second kappa shape index (κ2) is 4.39. The molecular formula is C13H21N5. The minimum absolute atomic E-state index is 0.550. The van der Waals surface area contributed by atoms with Crippen LogP contribution in [0.5, 0.6) is 0 Å². The summed E-state index contributed by atoms with van der Waals surface area (Å²) in [6.45, 7) is 6.75. The molecule has 1 aromatic rings. The summed E-state index contributed by atoms with van der Waals surface area (Å²) in [5.74, 6) is 10.2. The highest BCUT2D eigenvalue weighted by molar-refractivity contribution is 5.50. The van der Waals surface area contributed by atoms with Crippen molar-refractivity contribution in [2.75, 3.05) is 23.4 Å². The number of anilines is 2. The maximum Gasteiger partial charge on any atom is 0.145 e. The number of rotatable bonds is 3. The van der Waals surface area contributed by atoms with Gasteiger partial charge in [0.25, 0.3) is 0 Å². The first-order valence-electron chi connectivity index (χ1n) is 6.78. The lowest BCUT2D eigenvalue weighted by Crippen LogP contribution is -2.22. The predicted octanol–water partition coefficient (Wildman–Crippen LogP) is 1.73. The SMILES string of the molecule is CC1CN(c2cc(NN)nc(C3CC3)n2)CC1C. The number of nitrogens with two attached hydrogens (primary N) is 1. The van der Waals surface area contributed by atoms with Gasteiger partial charge in [0.2, 0.25) is 0 Å². The van der Waals surface area contributed by atoms with E-state index in [1.54, 1.807) is 0 Å². The van der Waals surface area contributed by atoms with E-state index in [1.165, 1.54) is 12.8 Å². The van der Waals surface area contributed by atoms with Gasteiger partial charge < -0.3 is 10.3 Å². The summed E-state index contributed by atoms with van der Waals surface area (Å²) in [6, 6.07) is 1.96. The third kappa shape index (κ3) is 2.14. The van der Waals surface area contributed by atoms with Crippen LogP contribution in [0, 0.1) is 11.8 Å². The Bertz CT molecular complexity index is 433. The van der Waals surface area contributed by atoms with Crippen LogP contribution in [0.15, 0.2) is 6.07 Å². The highest BCUT2D eigenvalue weighted by atomic mass is 15.3. The average Bonchev–Trinajstić information content (AvgIpc) is 3.16. The Hall–Kier alpha value is -1.36. The molecule has 0 radical (unpaired) electrons. The highest BCUT2D eigenvalue weighted by Crippen LogP contribution is 2.39. The zero-order valence-electron chi connectivity index (χ0n) is 11.1. The molecule has 1 saturated carbocycles. The third-order valence-electron chi connectivity index (χ3n) is 4.13. The number of aromatic nitrogens is 2. The van der Waals surface area contributed by atoms with E-state index in [0.717, 1.165) is 42.4 Å². The van der Waals surface area contributed by atoms with Crippen LogP contribution in [-0.2, 0) is 0 Å². The molecule has 1 aliphatic heterocycles. The molecular weight excluding hydrogens is 226 g/mol. The monoisotopic (exact) mass is 247 g/mol. The highest BCUT2D eigenvalue weighted by Gasteiger charge is 2.30. The number of nitrogens with one attached hydrogen (secondary N) is 1. The summed E-state index contributed by atoms with van der Waals surface area (Å²) in [5.41, 5.74) is 2.66. The second-order valence-electron chi connectivity index (χ2n) is 5.75. The van der Waals surface area contributed by atoms with Crippen LogP contribution in [0.3, 0.4) is 0 Å². The van der Waals surface area contributed by atoms with Crippen molar-refractivity contribution in [1.29, 1.82) is 0 Å². The molecule has 1 aliphatic carbocycles. The van der Waals surface area contributed by atoms with Gasteiger partial charge in [-0.05, 0) is 24.7 Å². The third-order valence-corrected chi connectivity index (χ3v) is 4.13. The van der Waals surface area contributed by atoms with E-state index in [9.17, 15) is 0 Å². The van der Waals surface area contributed by atoms with Crippen LogP contribution in [0.4, 0.5) is 11.6 Å². The van der Waals surface area contributed by atoms with Gasteiger partial charge in [0.05, 0.1) is 0 Å². The van der Waals surface area contributed by atoms with Gasteiger partial charge in [-0.1, -0.05) is 13.8 Å². The van der Waals surface area contributed by atoms with E-state index in [2.05, 4.69) is 29.2 Å². The van der Waals surface area contributed by atoms with Crippen molar-refractivity contribution in [2.24, 2.45) is 17.7 Å². The summed E-state index contributed by atoms with van der Waals surface area (Å²) in [6.07, 6.45) is 2.42. The van der Waals surface area contributed by atoms with Crippen molar-refractivity contribution in [3.05, 3.63) is 11.9 Å². The molecule has 5 nitrogen and oxygen atoms in total. The lowest BCUT2D eigenvalue weighted by molar-refractivity contribution is 0.494. The quantitative estimate of drug-likeness (QED) is 0.629. The fourth-order valence-corrected chi connectivity index (χ4v) is 2.53. The first-order valence-corrected chi connectivity index (χ1v) is 6.78. The van der Waals surface area contributed by atoms with Crippen molar-refractivity contribution in [3.63, 3.8) is 0 Å². The molecule has 18 heavy (non-hydrogen) atoms. The van der Waals surface area contributed by atoms with Crippen LogP contribution in [0.25, 0.3) is 0 Å². The Kier molecular flexibility index (Phi) is 2.86. The molecule has 98 valence electrons. The Morgan fingerprint density at radius 2 is 1.89 bits per heavy atom. The summed E-state index contributed by atoms with van der Waals surface area (Å²) >= 11 is 0. The number of nitrogen functional groups attached to an aromatic ring is 1. The number of hydrazine groups is 1. The van der Waals surface area contributed by atoms with E-state index in [-0.39, 0.29) is 0 Å². The lowest BCUT2D eigenvalue weighted by atomic mass is 10.0. The first-order chi connectivity index (χ1) is 8.67. The Morgan fingerprint density at radius 1 is 1.22 bits per heavy atom. The van der Waals surface area contributed by atoms with Crippen LogP contribution < -0.4 is 16.2 Å². The van der Waals surface area contributed by atoms with Gasteiger partial charge in [0.1, 0.15) is 17.5 Å². The second-order valence-corrected chi connectivity index (χ2v) is 5.75. The molecule has 1 saturated heterocycles. The van der Waals surface area contributed by atoms with Gasteiger partial charge in [-0.25, -0.2) is 15.8 Å². The Morgan fingerprint density at radius 3 is 2.44 bits per heavy atom. The molecule has 2 unspecified atom stereocenters. The maximum absolute atomic E-state index is 5.50. The molecule has 2 aliphatic rings. The molecule has 0 bridgehead atoms. The molecule has 2 atom stereocenters. The molecule has 5 heteroatoms. The van der Waals surface area contributed by atoms with Crippen molar-refractivity contribution in [1.82, 2.24) is 9.97 Å². The number of nitrogens with zero attached hydrogens (tertiary/aromatic N) is 3. The number of hydrogen-bond donors (Lipinski definition) is 2. The molecule has 0 aromatic carbocycles. The van der Waals surface area contributed by atoms with Crippen LogP contribution in [0.1, 0.15) is 38.4 Å². The molecule has 0 spiro atoms. The normalized spacial score (nSPS) is 27.6. The van der Waals surface area contributed by atoms with Crippen LogP contribution in [-0.4, -0.2) is 23.1 Å². The molecule has 3 N–H and O–H groups in total. The van der Waals surface area contributed by atoms with E-state index in [1.807, 2.05) is 6.07 Å². The Balaban J connectivity index is 1.88. The minimum atomic E-state index is 0.550. The first kappa shape index (κ1) is 11.7. The van der Waals surface area contributed by atoms with E-state index in [0.29, 0.717) is 5.92 Å². The van der Waals surface area contributed by atoms with Crippen molar-refractivity contribution in [3.8, 4) is 0 Å². The van der Waals surface area contributed by atoms with Gasteiger partial charge in [0.15, 0.2) is 0 Å². The summed E-state index contributed by atoms with van der Waals surface area (Å²) in [7, 11) is 0. The maximum atomic E-state index is 5.50. The average molecular weight is 247 g/mol. The molecule has 2 heterocycles. The van der Waals surface area contributed by atoms with E-state index in [4.69, 9.17) is 10.8 Å². The van der Waals surface area contributed by atoms with Gasteiger partial charge in [0, 0.05) is 25.1 Å². The van der Waals surface area contributed by atoms with Crippen LogP contribution >= 0.6 is 0 Å². The number of hydrogen-bond acceptors (Lipinski definition) is 5. The van der Waals surface area contributed by atoms with E-state index < -0.39 is 0 Å². The molecule has 2 fully saturated rings. The van der Waals surface area contributed by atoms with Crippen LogP contribution in [0.2, 0.25) is 0 Å². The van der Waals surface area contributed by atoms with Gasteiger partial charge in [-0.3, -0.25) is 0 Å². The van der Waals surface area contributed by atoms with E-state index >= 15 is 0 Å². The summed E-state index contributed by atoms with van der Waals surface area (Å²) < 4.78 is 0. The van der Waals surface area contributed by atoms with Crippen molar-refractivity contribution in [2.45, 2.75) is 32.6 Å². The fourth-order valence-electron chi connectivity index (χ4n) is 2.53. The summed E-state index contributed by atoms with van der Waals surface area (Å²) in [4.78, 5) is 11.5. The predicted molar refractivity (Wildman–Crippen MR) is 72.4 cm³/mol. The Labute approximate surface area is 108 Å². The minimum Gasteiger partial charge on any atom is -0.356 e. The zero-order chi connectivity index (χ0) is 12.7. The van der Waals surface area contributed by atoms with Gasteiger partial charge in [-0.2, -0.15) is 0 Å². The topological polar surface area (TPSA) is 67.1 Å². The van der Waals surface area contributed by atoms with Gasteiger partial charge >= 0.3 is 0 Å². The zero-order valence-corrected chi connectivity index (χ0v) is 11.1. The fraction of sp³-hybridized carbons (Fsp3) is 0.692. The van der Waals surface area contributed by atoms with Gasteiger partial charge in [-0.15, -0.1) is 0 Å². The molecule has 3 rings (SSSR count). The lowest BCUT2D eigenvalue weighted by Gasteiger charge is -2.18. The smallest absolute Gasteiger partial charge is 0.145 e. The summed E-state index contributed by atoms with van der Waals surface area (Å²) in [5, 5.41) is 0. The van der Waals surface area contributed by atoms with Crippen molar-refractivity contribution >= 4 is 11.6 Å². The van der Waals surface area contributed by atoms with Crippen molar-refractivity contribution < 1.29 is 0 Å². The standard InChI is InChI=1S/C13H21N5/c1-8-6-18(7-9(8)2)12-5-11(17-14)15-13(16-12)10-3-4-10/h5,8-10H,3-4,6-7,14H2,1-2H3,(H,15,16,17). The molecule has 0 amide bonds.